The molecule has 0 spiro atoms. The van der Waals surface area contributed by atoms with Crippen LogP contribution in [-0.2, 0) is 11.3 Å². The third-order valence-corrected chi connectivity index (χ3v) is 3.53. The fourth-order valence-corrected chi connectivity index (χ4v) is 2.10. The standard InChI is InChI=1S/C19H19N3O3/c1-21-19(25)16-9-2-13(3-10-16)6-11-17(23)22-12-14-4-7-15(8-5-14)18(20)24/h2-11H,12H2,1H3,(H2,20,24)(H,21,25)(H,22,23)/b11-6+. The Balaban J connectivity index is 1.88. The quantitative estimate of drug-likeness (QED) is 0.696. The SMILES string of the molecule is CNC(=O)c1ccc(/C=C/C(=O)NCc2ccc(C(N)=O)cc2)cc1. The maximum atomic E-state index is 11.9. The molecule has 0 saturated carbocycles. The molecular weight excluding hydrogens is 318 g/mol. The van der Waals surface area contributed by atoms with Gasteiger partial charge in [0.15, 0.2) is 0 Å². The Bertz CT molecular complexity index is 794. The molecule has 128 valence electrons. The van der Waals surface area contributed by atoms with Crippen LogP contribution in [0.1, 0.15) is 31.8 Å². The second-order valence-electron chi connectivity index (χ2n) is 5.31. The van der Waals surface area contributed by atoms with Gasteiger partial charge in [-0.25, -0.2) is 0 Å². The zero-order chi connectivity index (χ0) is 18.2. The number of hydrogen-bond donors (Lipinski definition) is 3. The van der Waals surface area contributed by atoms with Crippen molar-refractivity contribution in [1.29, 1.82) is 0 Å². The molecule has 2 aromatic carbocycles. The first-order valence-corrected chi connectivity index (χ1v) is 7.66. The molecule has 0 unspecified atom stereocenters. The molecule has 0 saturated heterocycles. The summed E-state index contributed by atoms with van der Waals surface area (Å²) in [5.74, 6) is -0.883. The van der Waals surface area contributed by atoms with Gasteiger partial charge in [0.2, 0.25) is 11.8 Å². The number of nitrogens with one attached hydrogen (secondary N) is 2. The van der Waals surface area contributed by atoms with Crippen molar-refractivity contribution < 1.29 is 14.4 Å². The third-order valence-electron chi connectivity index (χ3n) is 3.53. The fourth-order valence-electron chi connectivity index (χ4n) is 2.10. The summed E-state index contributed by atoms with van der Waals surface area (Å²) in [5.41, 5.74) is 7.84. The van der Waals surface area contributed by atoms with Gasteiger partial charge in [-0.3, -0.25) is 14.4 Å². The Morgan fingerprint density at radius 2 is 1.56 bits per heavy atom. The summed E-state index contributed by atoms with van der Waals surface area (Å²) in [6.45, 7) is 0.345. The molecule has 0 fully saturated rings. The van der Waals surface area contributed by atoms with Gasteiger partial charge in [0.1, 0.15) is 0 Å². The van der Waals surface area contributed by atoms with E-state index >= 15 is 0 Å². The lowest BCUT2D eigenvalue weighted by Crippen LogP contribution is -2.20. The molecule has 0 aromatic heterocycles. The zero-order valence-corrected chi connectivity index (χ0v) is 13.8. The lowest BCUT2D eigenvalue weighted by molar-refractivity contribution is -0.116. The van der Waals surface area contributed by atoms with Crippen molar-refractivity contribution in [3.05, 3.63) is 76.9 Å². The first-order valence-electron chi connectivity index (χ1n) is 7.66. The number of benzene rings is 2. The zero-order valence-electron chi connectivity index (χ0n) is 13.8. The van der Waals surface area contributed by atoms with E-state index in [0.29, 0.717) is 17.7 Å². The monoisotopic (exact) mass is 337 g/mol. The first kappa shape index (κ1) is 17.9. The molecule has 3 amide bonds. The molecule has 0 bridgehead atoms. The average molecular weight is 337 g/mol. The van der Waals surface area contributed by atoms with Crippen molar-refractivity contribution >= 4 is 23.8 Å². The minimum atomic E-state index is -0.485. The van der Waals surface area contributed by atoms with Crippen LogP contribution in [0, 0.1) is 0 Å². The summed E-state index contributed by atoms with van der Waals surface area (Å²) in [6, 6.07) is 13.6. The molecule has 0 aliphatic heterocycles. The average Bonchev–Trinajstić information content (AvgIpc) is 2.64. The molecule has 0 heterocycles. The molecule has 0 aliphatic carbocycles. The van der Waals surface area contributed by atoms with Crippen molar-refractivity contribution in [2.45, 2.75) is 6.54 Å². The lowest BCUT2D eigenvalue weighted by Gasteiger charge is -2.03. The Kier molecular flexibility index (Phi) is 6.06. The van der Waals surface area contributed by atoms with Gasteiger partial charge in [0.05, 0.1) is 0 Å². The second kappa shape index (κ2) is 8.44. The number of amides is 3. The van der Waals surface area contributed by atoms with Gasteiger partial charge in [-0.1, -0.05) is 24.3 Å². The molecule has 0 atom stereocenters. The topological polar surface area (TPSA) is 101 Å². The van der Waals surface area contributed by atoms with Crippen LogP contribution in [0.25, 0.3) is 6.08 Å². The van der Waals surface area contributed by atoms with Gasteiger partial charge in [0, 0.05) is 30.8 Å². The number of rotatable bonds is 6. The predicted molar refractivity (Wildman–Crippen MR) is 95.7 cm³/mol. The molecule has 0 radical (unpaired) electrons. The van der Waals surface area contributed by atoms with E-state index in [1.54, 1.807) is 61.7 Å². The molecule has 2 aromatic rings. The molecule has 0 aliphatic rings. The van der Waals surface area contributed by atoms with Crippen molar-refractivity contribution in [1.82, 2.24) is 10.6 Å². The highest BCUT2D eigenvalue weighted by Gasteiger charge is 2.02. The van der Waals surface area contributed by atoms with Gasteiger partial charge in [0.25, 0.3) is 5.91 Å². The van der Waals surface area contributed by atoms with Gasteiger partial charge in [-0.15, -0.1) is 0 Å². The lowest BCUT2D eigenvalue weighted by atomic mass is 10.1. The van der Waals surface area contributed by atoms with Crippen LogP contribution in [0.3, 0.4) is 0 Å². The van der Waals surface area contributed by atoms with Crippen LogP contribution in [-0.4, -0.2) is 24.8 Å². The van der Waals surface area contributed by atoms with Gasteiger partial charge in [-0.2, -0.15) is 0 Å². The second-order valence-corrected chi connectivity index (χ2v) is 5.31. The van der Waals surface area contributed by atoms with Crippen molar-refractivity contribution in [3.63, 3.8) is 0 Å². The van der Waals surface area contributed by atoms with Crippen molar-refractivity contribution in [3.8, 4) is 0 Å². The Labute approximate surface area is 145 Å². The largest absolute Gasteiger partial charge is 0.366 e. The number of hydrogen-bond acceptors (Lipinski definition) is 3. The van der Waals surface area contributed by atoms with Crippen LogP contribution >= 0.6 is 0 Å². The van der Waals surface area contributed by atoms with Gasteiger partial charge in [-0.05, 0) is 41.5 Å². The summed E-state index contributed by atoms with van der Waals surface area (Å²) >= 11 is 0. The van der Waals surface area contributed by atoms with E-state index in [9.17, 15) is 14.4 Å². The van der Waals surface area contributed by atoms with Crippen LogP contribution in [0.2, 0.25) is 0 Å². The molecule has 4 N–H and O–H groups in total. The van der Waals surface area contributed by atoms with Gasteiger partial charge < -0.3 is 16.4 Å². The van der Waals surface area contributed by atoms with Gasteiger partial charge >= 0.3 is 0 Å². The van der Waals surface area contributed by atoms with Crippen molar-refractivity contribution in [2.75, 3.05) is 7.05 Å². The number of primary amides is 1. The maximum Gasteiger partial charge on any atom is 0.251 e. The van der Waals surface area contributed by atoms with E-state index in [4.69, 9.17) is 5.73 Å². The third kappa shape index (κ3) is 5.31. The molecule has 25 heavy (non-hydrogen) atoms. The summed E-state index contributed by atoms with van der Waals surface area (Å²) in [4.78, 5) is 34.3. The van der Waals surface area contributed by atoms with E-state index in [2.05, 4.69) is 10.6 Å². The van der Waals surface area contributed by atoms with E-state index in [1.807, 2.05) is 0 Å². The molecule has 6 nitrogen and oxygen atoms in total. The normalized spacial score (nSPS) is 10.4. The summed E-state index contributed by atoms with van der Waals surface area (Å²) < 4.78 is 0. The number of carbonyl (C=O) groups is 3. The predicted octanol–water partition coefficient (Wildman–Crippen LogP) is 1.47. The number of nitrogens with two attached hydrogens (primary N) is 1. The van der Waals surface area contributed by atoms with Crippen LogP contribution < -0.4 is 16.4 Å². The summed E-state index contributed by atoms with van der Waals surface area (Å²) in [6.07, 6.45) is 3.09. The summed E-state index contributed by atoms with van der Waals surface area (Å²) in [7, 11) is 1.57. The highest BCUT2D eigenvalue weighted by Crippen LogP contribution is 2.07. The highest BCUT2D eigenvalue weighted by atomic mass is 16.2. The Hall–Kier alpha value is -3.41. The Morgan fingerprint density at radius 1 is 0.960 bits per heavy atom. The molecule has 2 rings (SSSR count). The molecular formula is C19H19N3O3. The van der Waals surface area contributed by atoms with Crippen LogP contribution in [0.4, 0.5) is 0 Å². The van der Waals surface area contributed by atoms with Crippen molar-refractivity contribution in [2.24, 2.45) is 5.73 Å². The highest BCUT2D eigenvalue weighted by molar-refractivity contribution is 5.95. The van der Waals surface area contributed by atoms with E-state index in [-0.39, 0.29) is 11.8 Å². The summed E-state index contributed by atoms with van der Waals surface area (Å²) in [5, 5.41) is 5.30. The van der Waals surface area contributed by atoms with E-state index in [0.717, 1.165) is 11.1 Å². The smallest absolute Gasteiger partial charge is 0.251 e. The number of carbonyl (C=O) groups excluding carboxylic acids is 3. The fraction of sp³-hybridized carbons (Fsp3) is 0.105. The van der Waals surface area contributed by atoms with E-state index < -0.39 is 5.91 Å². The van der Waals surface area contributed by atoms with Crippen LogP contribution in [0.15, 0.2) is 54.6 Å². The minimum Gasteiger partial charge on any atom is -0.366 e. The Morgan fingerprint density at radius 3 is 2.12 bits per heavy atom. The first-order chi connectivity index (χ1) is 12.0. The maximum absolute atomic E-state index is 11.9. The molecule has 6 heteroatoms. The van der Waals surface area contributed by atoms with E-state index in [1.165, 1.54) is 6.08 Å². The van der Waals surface area contributed by atoms with Crippen LogP contribution in [0.5, 0.6) is 0 Å². The minimum absolute atomic E-state index is 0.157.